The Labute approximate surface area is 238 Å². The van der Waals surface area contributed by atoms with Crippen LogP contribution in [0.5, 0.6) is 5.75 Å². The number of para-hydroxylation sites is 1. The van der Waals surface area contributed by atoms with Gasteiger partial charge < -0.3 is 15.0 Å². The molecule has 40 heavy (non-hydrogen) atoms. The molecule has 9 heteroatoms. The van der Waals surface area contributed by atoms with Gasteiger partial charge in [-0.3, -0.25) is 13.9 Å². The SMILES string of the molecule is CCOc1ccc(S(=O)(=O)N(CC(=O)N(Cc2ccccc2C)[C@@H](CC)C(=O)NC(C)C)c2ccccc2)cc1. The van der Waals surface area contributed by atoms with Crippen molar-refractivity contribution in [2.75, 3.05) is 17.5 Å². The zero-order valence-corrected chi connectivity index (χ0v) is 24.6. The van der Waals surface area contributed by atoms with Gasteiger partial charge in [-0.2, -0.15) is 0 Å². The molecule has 0 saturated carbocycles. The first-order chi connectivity index (χ1) is 19.1. The van der Waals surface area contributed by atoms with Crippen molar-refractivity contribution in [2.24, 2.45) is 0 Å². The predicted octanol–water partition coefficient (Wildman–Crippen LogP) is 4.92. The second-order valence-corrected chi connectivity index (χ2v) is 11.6. The zero-order chi connectivity index (χ0) is 29.3. The van der Waals surface area contributed by atoms with E-state index in [1.165, 1.54) is 17.0 Å². The highest BCUT2D eigenvalue weighted by Crippen LogP contribution is 2.26. The van der Waals surface area contributed by atoms with Gasteiger partial charge in [0.15, 0.2) is 0 Å². The molecule has 0 saturated heterocycles. The van der Waals surface area contributed by atoms with Crippen molar-refractivity contribution in [1.29, 1.82) is 0 Å². The van der Waals surface area contributed by atoms with Crippen LogP contribution < -0.4 is 14.4 Å². The van der Waals surface area contributed by atoms with E-state index in [9.17, 15) is 18.0 Å². The van der Waals surface area contributed by atoms with Gasteiger partial charge in [-0.1, -0.05) is 49.4 Å². The van der Waals surface area contributed by atoms with E-state index in [0.29, 0.717) is 24.5 Å². The largest absolute Gasteiger partial charge is 0.494 e. The minimum absolute atomic E-state index is 0.0302. The number of nitrogens with one attached hydrogen (secondary N) is 1. The summed E-state index contributed by atoms with van der Waals surface area (Å²) in [5, 5.41) is 2.91. The maximum Gasteiger partial charge on any atom is 0.264 e. The molecule has 8 nitrogen and oxygen atoms in total. The number of anilines is 1. The van der Waals surface area contributed by atoms with Crippen molar-refractivity contribution >= 4 is 27.5 Å². The summed E-state index contributed by atoms with van der Waals surface area (Å²) in [7, 11) is -4.14. The molecule has 1 N–H and O–H groups in total. The summed E-state index contributed by atoms with van der Waals surface area (Å²) in [6.07, 6.45) is 0.368. The van der Waals surface area contributed by atoms with Crippen LogP contribution in [-0.4, -0.2) is 50.4 Å². The molecule has 0 bridgehead atoms. The fourth-order valence-electron chi connectivity index (χ4n) is 4.40. The molecule has 214 valence electrons. The smallest absolute Gasteiger partial charge is 0.264 e. The van der Waals surface area contributed by atoms with E-state index in [2.05, 4.69) is 5.32 Å². The molecule has 0 aliphatic rings. The molecular formula is C31H39N3O5S. The van der Waals surface area contributed by atoms with Gasteiger partial charge in [0.25, 0.3) is 10.0 Å². The highest BCUT2D eigenvalue weighted by Gasteiger charge is 2.34. The quantitative estimate of drug-likeness (QED) is 0.317. The van der Waals surface area contributed by atoms with Crippen LogP contribution in [-0.2, 0) is 26.2 Å². The minimum Gasteiger partial charge on any atom is -0.494 e. The van der Waals surface area contributed by atoms with Gasteiger partial charge in [0, 0.05) is 12.6 Å². The first kappa shape index (κ1) is 30.7. The molecule has 0 spiro atoms. The highest BCUT2D eigenvalue weighted by atomic mass is 32.2. The Morgan fingerprint density at radius 1 is 0.900 bits per heavy atom. The minimum atomic E-state index is -4.14. The van der Waals surface area contributed by atoms with Crippen LogP contribution in [0.1, 0.15) is 45.2 Å². The molecule has 0 aromatic heterocycles. The summed E-state index contributed by atoms with van der Waals surface area (Å²) in [6.45, 7) is 9.50. The van der Waals surface area contributed by atoms with Gasteiger partial charge in [0.05, 0.1) is 17.2 Å². The second kappa shape index (κ2) is 14.0. The summed E-state index contributed by atoms with van der Waals surface area (Å²) >= 11 is 0. The van der Waals surface area contributed by atoms with Crippen molar-refractivity contribution in [3.05, 3.63) is 90.0 Å². The molecule has 0 radical (unpaired) electrons. The number of aryl methyl sites for hydroxylation is 1. The molecule has 0 aliphatic carbocycles. The zero-order valence-electron chi connectivity index (χ0n) is 23.8. The number of rotatable bonds is 13. The van der Waals surface area contributed by atoms with Crippen LogP contribution in [0.15, 0.2) is 83.8 Å². The maximum atomic E-state index is 14.1. The predicted molar refractivity (Wildman–Crippen MR) is 158 cm³/mol. The summed E-state index contributed by atoms with van der Waals surface area (Å²) < 4.78 is 34.4. The Bertz CT molecular complexity index is 1380. The number of amides is 2. The van der Waals surface area contributed by atoms with Crippen LogP contribution in [0.4, 0.5) is 5.69 Å². The molecule has 0 fully saturated rings. The average molecular weight is 566 g/mol. The lowest BCUT2D eigenvalue weighted by molar-refractivity contribution is -0.140. The van der Waals surface area contributed by atoms with Crippen LogP contribution in [0, 0.1) is 6.92 Å². The number of carbonyl (C=O) groups excluding carboxylic acids is 2. The Morgan fingerprint density at radius 2 is 1.52 bits per heavy atom. The molecule has 1 atom stereocenters. The van der Waals surface area contributed by atoms with Gasteiger partial charge >= 0.3 is 0 Å². The normalized spacial score (nSPS) is 12.1. The standard InChI is InChI=1S/C31H39N3O5S/c1-6-29(31(36)32-23(3)4)33(21-25-14-12-11-13-24(25)5)30(35)22-34(26-15-9-8-10-16-26)40(37,38)28-19-17-27(18-20-28)39-7-2/h8-20,23,29H,6-7,21-22H2,1-5H3,(H,32,36)/t29-/m0/s1. The van der Waals surface area contributed by atoms with Crippen LogP contribution in [0.25, 0.3) is 0 Å². The van der Waals surface area contributed by atoms with Crippen molar-refractivity contribution in [2.45, 2.75) is 64.6 Å². The van der Waals surface area contributed by atoms with Gasteiger partial charge in [0.2, 0.25) is 11.8 Å². The van der Waals surface area contributed by atoms with Crippen LogP contribution in [0.2, 0.25) is 0 Å². The molecule has 0 unspecified atom stereocenters. The molecule has 3 aromatic carbocycles. The molecular weight excluding hydrogens is 526 g/mol. The molecule has 3 rings (SSSR count). The fourth-order valence-corrected chi connectivity index (χ4v) is 5.81. The average Bonchev–Trinajstić information content (AvgIpc) is 2.93. The third-order valence-corrected chi connectivity index (χ3v) is 8.25. The van der Waals surface area contributed by atoms with Crippen molar-refractivity contribution in [3.63, 3.8) is 0 Å². The van der Waals surface area contributed by atoms with Gasteiger partial charge in [0.1, 0.15) is 18.3 Å². The van der Waals surface area contributed by atoms with E-state index in [0.717, 1.165) is 15.4 Å². The first-order valence-corrected chi connectivity index (χ1v) is 15.0. The van der Waals surface area contributed by atoms with E-state index < -0.39 is 28.5 Å². The lowest BCUT2D eigenvalue weighted by Gasteiger charge is -2.34. The van der Waals surface area contributed by atoms with Crippen molar-refractivity contribution in [1.82, 2.24) is 10.2 Å². The summed E-state index contributed by atoms with van der Waals surface area (Å²) in [6, 6.07) is 21.4. The number of nitrogens with zero attached hydrogens (tertiary/aromatic N) is 2. The lowest BCUT2D eigenvalue weighted by Crippen LogP contribution is -2.53. The van der Waals surface area contributed by atoms with Gasteiger partial charge in [-0.15, -0.1) is 0 Å². The first-order valence-electron chi connectivity index (χ1n) is 13.5. The molecule has 0 aliphatic heterocycles. The Kier molecular flexibility index (Phi) is 10.7. The van der Waals surface area contributed by atoms with Crippen LogP contribution >= 0.6 is 0 Å². The van der Waals surface area contributed by atoms with Crippen molar-refractivity contribution < 1.29 is 22.7 Å². The third-order valence-electron chi connectivity index (χ3n) is 6.46. The Balaban J connectivity index is 2.04. The summed E-state index contributed by atoms with van der Waals surface area (Å²) in [5.74, 6) is -0.206. The maximum absolute atomic E-state index is 14.1. The lowest BCUT2D eigenvalue weighted by atomic mass is 10.1. The van der Waals surface area contributed by atoms with Gasteiger partial charge in [-0.25, -0.2) is 8.42 Å². The highest BCUT2D eigenvalue weighted by molar-refractivity contribution is 7.92. The number of carbonyl (C=O) groups is 2. The summed E-state index contributed by atoms with van der Waals surface area (Å²) in [5.41, 5.74) is 2.20. The summed E-state index contributed by atoms with van der Waals surface area (Å²) in [4.78, 5) is 28.8. The Hall–Kier alpha value is -3.85. The molecule has 0 heterocycles. The van der Waals surface area contributed by atoms with E-state index in [4.69, 9.17) is 4.74 Å². The monoisotopic (exact) mass is 565 g/mol. The van der Waals surface area contributed by atoms with E-state index in [1.807, 2.05) is 58.9 Å². The van der Waals surface area contributed by atoms with Gasteiger partial charge in [-0.05, 0) is 81.6 Å². The topological polar surface area (TPSA) is 96.0 Å². The van der Waals surface area contributed by atoms with Crippen molar-refractivity contribution in [3.8, 4) is 5.75 Å². The third kappa shape index (κ3) is 7.63. The van der Waals surface area contributed by atoms with Crippen LogP contribution in [0.3, 0.4) is 0 Å². The van der Waals surface area contributed by atoms with E-state index in [1.54, 1.807) is 42.5 Å². The number of benzene rings is 3. The Morgan fingerprint density at radius 3 is 2.10 bits per heavy atom. The number of hydrogen-bond donors (Lipinski definition) is 1. The fraction of sp³-hybridized carbons (Fsp3) is 0.355. The molecule has 2 amide bonds. The number of hydrogen-bond acceptors (Lipinski definition) is 5. The number of ether oxygens (including phenoxy) is 1. The second-order valence-electron chi connectivity index (χ2n) is 9.79. The molecule has 3 aromatic rings. The number of sulfonamides is 1. The van der Waals surface area contributed by atoms with E-state index in [-0.39, 0.29) is 23.4 Å². The van der Waals surface area contributed by atoms with E-state index >= 15 is 0 Å².